The Morgan fingerprint density at radius 2 is 2.06 bits per heavy atom. The molecule has 5 nitrogen and oxygen atoms in total. The smallest absolute Gasteiger partial charge is 0.178 e. The lowest BCUT2D eigenvalue weighted by atomic mass is 10.2. The van der Waals surface area contributed by atoms with Gasteiger partial charge in [0.05, 0.1) is 11.9 Å². The number of benzene rings is 1. The van der Waals surface area contributed by atoms with Gasteiger partial charge in [0.1, 0.15) is 4.90 Å². The number of hydrogen-bond acceptors (Lipinski definition) is 4. The van der Waals surface area contributed by atoms with E-state index in [9.17, 15) is 8.42 Å². The maximum Gasteiger partial charge on any atom is 0.178 e. The summed E-state index contributed by atoms with van der Waals surface area (Å²) >= 11 is 0. The van der Waals surface area contributed by atoms with E-state index in [4.69, 9.17) is 5.73 Å². The fourth-order valence-electron chi connectivity index (χ4n) is 1.54. The molecule has 1 heterocycles. The average Bonchev–Trinajstić information content (AvgIpc) is 2.77. The Morgan fingerprint density at radius 3 is 2.65 bits per heavy atom. The fraction of sp³-hybridized carbons (Fsp3) is 0.182. The Bertz CT molecular complexity index is 632. The molecule has 1 aromatic heterocycles. The first-order valence-corrected chi connectivity index (χ1v) is 6.94. The molecule has 0 saturated heterocycles. The van der Waals surface area contributed by atoms with Crippen molar-refractivity contribution in [2.75, 3.05) is 6.26 Å². The summed E-state index contributed by atoms with van der Waals surface area (Å²) in [5, 5.41) is 4.04. The molecule has 6 heteroatoms. The van der Waals surface area contributed by atoms with Crippen molar-refractivity contribution < 1.29 is 8.42 Å². The van der Waals surface area contributed by atoms with Crippen LogP contribution < -0.4 is 5.73 Å². The van der Waals surface area contributed by atoms with Crippen molar-refractivity contribution in [3.8, 4) is 5.69 Å². The first-order chi connectivity index (χ1) is 8.02. The van der Waals surface area contributed by atoms with E-state index < -0.39 is 9.84 Å². The first-order valence-electron chi connectivity index (χ1n) is 5.05. The molecule has 0 fully saturated rings. The second-order valence-electron chi connectivity index (χ2n) is 3.73. The number of nitrogens with zero attached hydrogens (tertiary/aromatic N) is 2. The normalized spacial score (nSPS) is 11.6. The topological polar surface area (TPSA) is 78.0 Å². The molecule has 0 aliphatic heterocycles. The molecule has 2 rings (SSSR count). The molecule has 0 atom stereocenters. The molecule has 0 amide bonds. The van der Waals surface area contributed by atoms with Crippen molar-refractivity contribution >= 4 is 9.84 Å². The van der Waals surface area contributed by atoms with Crippen LogP contribution in [0.2, 0.25) is 0 Å². The zero-order valence-corrected chi connectivity index (χ0v) is 10.2. The largest absolute Gasteiger partial charge is 0.326 e. The molecule has 0 aliphatic rings. The second kappa shape index (κ2) is 4.31. The van der Waals surface area contributed by atoms with E-state index in [0.29, 0.717) is 6.54 Å². The average molecular weight is 251 g/mol. The van der Waals surface area contributed by atoms with Crippen molar-refractivity contribution in [1.29, 1.82) is 0 Å². The minimum absolute atomic E-state index is 0.198. The Labute approximate surface area is 99.8 Å². The molecule has 0 radical (unpaired) electrons. The summed E-state index contributed by atoms with van der Waals surface area (Å²) in [5.41, 5.74) is 7.33. The van der Waals surface area contributed by atoms with Crippen molar-refractivity contribution in [2.45, 2.75) is 11.4 Å². The summed E-state index contributed by atoms with van der Waals surface area (Å²) in [6.45, 7) is 0.379. The van der Waals surface area contributed by atoms with Gasteiger partial charge in [-0.25, -0.2) is 13.1 Å². The number of nitrogens with two attached hydrogens (primary N) is 1. The van der Waals surface area contributed by atoms with E-state index in [1.54, 1.807) is 0 Å². The van der Waals surface area contributed by atoms with Gasteiger partial charge in [-0.3, -0.25) is 0 Å². The maximum atomic E-state index is 11.4. The second-order valence-corrected chi connectivity index (χ2v) is 5.74. The zero-order chi connectivity index (χ0) is 12.5. The molecule has 0 spiro atoms. The lowest BCUT2D eigenvalue weighted by molar-refractivity contribution is 0.602. The van der Waals surface area contributed by atoms with Crippen LogP contribution in [-0.2, 0) is 16.4 Å². The van der Waals surface area contributed by atoms with E-state index in [1.165, 1.54) is 17.1 Å². The van der Waals surface area contributed by atoms with Gasteiger partial charge in [0.2, 0.25) is 0 Å². The zero-order valence-electron chi connectivity index (χ0n) is 9.37. The van der Waals surface area contributed by atoms with Crippen LogP contribution in [0.5, 0.6) is 0 Å². The highest BCUT2D eigenvalue weighted by atomic mass is 32.2. The van der Waals surface area contributed by atoms with Crippen LogP contribution in [0.1, 0.15) is 5.56 Å². The third-order valence-corrected chi connectivity index (χ3v) is 3.51. The molecule has 1 aromatic carbocycles. The van der Waals surface area contributed by atoms with Crippen molar-refractivity contribution in [3.63, 3.8) is 0 Å². The van der Waals surface area contributed by atoms with Crippen LogP contribution in [0.25, 0.3) is 5.69 Å². The molecule has 0 unspecified atom stereocenters. The molecule has 17 heavy (non-hydrogen) atoms. The summed E-state index contributed by atoms with van der Waals surface area (Å²) in [5.74, 6) is 0. The molecular weight excluding hydrogens is 238 g/mol. The molecular formula is C11H13N3O2S. The third kappa shape index (κ3) is 2.37. The van der Waals surface area contributed by atoms with Crippen LogP contribution in [-0.4, -0.2) is 24.5 Å². The Balaban J connectivity index is 2.51. The third-order valence-electron chi connectivity index (χ3n) is 2.45. The highest BCUT2D eigenvalue weighted by Gasteiger charge is 2.11. The van der Waals surface area contributed by atoms with Crippen molar-refractivity contribution in [1.82, 2.24) is 9.78 Å². The predicted molar refractivity (Wildman–Crippen MR) is 64.6 cm³/mol. The monoisotopic (exact) mass is 251 g/mol. The minimum Gasteiger partial charge on any atom is -0.326 e. The molecule has 0 bridgehead atoms. The van der Waals surface area contributed by atoms with E-state index >= 15 is 0 Å². The van der Waals surface area contributed by atoms with Gasteiger partial charge in [0, 0.05) is 19.0 Å². The highest BCUT2D eigenvalue weighted by molar-refractivity contribution is 7.90. The van der Waals surface area contributed by atoms with Crippen LogP contribution >= 0.6 is 0 Å². The van der Waals surface area contributed by atoms with E-state index in [0.717, 1.165) is 17.5 Å². The number of hydrogen-bond donors (Lipinski definition) is 1. The van der Waals surface area contributed by atoms with Gasteiger partial charge in [0.25, 0.3) is 0 Å². The number of sulfone groups is 1. The van der Waals surface area contributed by atoms with Crippen LogP contribution in [0, 0.1) is 0 Å². The number of para-hydroxylation sites is 1. The quantitative estimate of drug-likeness (QED) is 0.872. The molecule has 2 N–H and O–H groups in total. The lowest BCUT2D eigenvalue weighted by Gasteiger charge is -2.06. The van der Waals surface area contributed by atoms with Crippen molar-refractivity contribution in [2.24, 2.45) is 5.73 Å². The highest BCUT2D eigenvalue weighted by Crippen LogP contribution is 2.15. The number of rotatable bonds is 3. The fourth-order valence-corrected chi connectivity index (χ4v) is 2.07. The van der Waals surface area contributed by atoms with Gasteiger partial charge in [-0.05, 0) is 11.6 Å². The Hall–Kier alpha value is -1.66. The van der Waals surface area contributed by atoms with Gasteiger partial charge in [-0.15, -0.1) is 0 Å². The SMILES string of the molecule is CS(=O)(=O)c1cnn(-c2ccccc2CN)c1. The van der Waals surface area contributed by atoms with E-state index in [2.05, 4.69) is 5.10 Å². The van der Waals surface area contributed by atoms with Gasteiger partial charge in [-0.2, -0.15) is 5.10 Å². The standard InChI is InChI=1S/C11H13N3O2S/c1-17(15,16)10-7-13-14(8-10)11-5-3-2-4-9(11)6-12/h2-5,7-8H,6,12H2,1H3. The van der Waals surface area contributed by atoms with Gasteiger partial charge in [-0.1, -0.05) is 18.2 Å². The first kappa shape index (κ1) is 11.8. The molecule has 0 aliphatic carbocycles. The maximum absolute atomic E-state index is 11.4. The van der Waals surface area contributed by atoms with E-state index in [-0.39, 0.29) is 4.90 Å². The minimum atomic E-state index is -3.22. The molecule has 2 aromatic rings. The number of aromatic nitrogens is 2. The van der Waals surface area contributed by atoms with Gasteiger partial charge in [0.15, 0.2) is 9.84 Å². The van der Waals surface area contributed by atoms with Crippen LogP contribution in [0.4, 0.5) is 0 Å². The summed E-state index contributed by atoms with van der Waals surface area (Å²) in [6, 6.07) is 7.47. The van der Waals surface area contributed by atoms with E-state index in [1.807, 2.05) is 24.3 Å². The van der Waals surface area contributed by atoms with Gasteiger partial charge >= 0.3 is 0 Å². The van der Waals surface area contributed by atoms with Gasteiger partial charge < -0.3 is 5.73 Å². The Kier molecular flexibility index (Phi) is 2.99. The van der Waals surface area contributed by atoms with Crippen LogP contribution in [0.15, 0.2) is 41.6 Å². The molecule has 90 valence electrons. The summed E-state index contributed by atoms with van der Waals surface area (Å²) in [4.78, 5) is 0.198. The summed E-state index contributed by atoms with van der Waals surface area (Å²) in [6.07, 6.45) is 3.98. The van der Waals surface area contributed by atoms with Crippen molar-refractivity contribution in [3.05, 3.63) is 42.2 Å². The predicted octanol–water partition coefficient (Wildman–Crippen LogP) is 0.735. The summed E-state index contributed by atoms with van der Waals surface area (Å²) < 4.78 is 24.2. The summed E-state index contributed by atoms with van der Waals surface area (Å²) in [7, 11) is -3.22. The Morgan fingerprint density at radius 1 is 1.35 bits per heavy atom. The van der Waals surface area contributed by atoms with Crippen LogP contribution in [0.3, 0.4) is 0 Å². The lowest BCUT2D eigenvalue weighted by Crippen LogP contribution is -2.04. The molecule has 0 saturated carbocycles.